The van der Waals surface area contributed by atoms with Crippen molar-refractivity contribution in [1.82, 2.24) is 0 Å². The number of anilines is 1. The number of aryl methyl sites for hydroxylation is 1. The zero-order valence-electron chi connectivity index (χ0n) is 14.8. The van der Waals surface area contributed by atoms with Gasteiger partial charge in [0.2, 0.25) is 0 Å². The number of benzene rings is 2. The summed E-state index contributed by atoms with van der Waals surface area (Å²) in [7, 11) is -2.31. The van der Waals surface area contributed by atoms with Crippen LogP contribution in [0.2, 0.25) is 0 Å². The summed E-state index contributed by atoms with van der Waals surface area (Å²) >= 11 is 0. The van der Waals surface area contributed by atoms with E-state index in [1.165, 1.54) is 19.2 Å². The number of hydrogen-bond acceptors (Lipinski definition) is 5. The summed E-state index contributed by atoms with van der Waals surface area (Å²) in [6, 6.07) is 9.82. The van der Waals surface area contributed by atoms with E-state index in [2.05, 4.69) is 4.72 Å². The van der Waals surface area contributed by atoms with Gasteiger partial charge in [0.25, 0.3) is 10.0 Å². The Labute approximate surface area is 148 Å². The molecule has 0 saturated heterocycles. The lowest BCUT2D eigenvalue weighted by molar-refractivity contribution is 0.287. The molecule has 136 valence electrons. The van der Waals surface area contributed by atoms with Gasteiger partial charge in [0.05, 0.1) is 30.9 Å². The molecular formula is C18H23NO5S. The second kappa shape index (κ2) is 8.11. The molecule has 25 heavy (non-hydrogen) atoms. The van der Waals surface area contributed by atoms with Crippen molar-refractivity contribution in [2.24, 2.45) is 0 Å². The Morgan fingerprint density at radius 1 is 0.920 bits per heavy atom. The molecule has 0 radical (unpaired) electrons. The van der Waals surface area contributed by atoms with Crippen molar-refractivity contribution < 1.29 is 22.6 Å². The standard InChI is InChI=1S/C18H23NO5S/c1-5-23-17-10-8-14(12-18(17)24-6-2)25(20,21)19-15-11-13(3)7-9-16(15)22-4/h7-12,19H,5-6H2,1-4H3. The summed E-state index contributed by atoms with van der Waals surface area (Å²) < 4.78 is 44.2. The third-order valence-electron chi connectivity index (χ3n) is 3.42. The molecule has 2 rings (SSSR count). The highest BCUT2D eigenvalue weighted by Crippen LogP contribution is 2.32. The first-order valence-electron chi connectivity index (χ1n) is 7.98. The van der Waals surface area contributed by atoms with Gasteiger partial charge in [0.1, 0.15) is 5.75 Å². The molecule has 0 unspecified atom stereocenters. The minimum Gasteiger partial charge on any atom is -0.495 e. The quantitative estimate of drug-likeness (QED) is 0.774. The first kappa shape index (κ1) is 18.9. The van der Waals surface area contributed by atoms with Crippen LogP contribution in [0.15, 0.2) is 41.3 Å². The smallest absolute Gasteiger partial charge is 0.262 e. The number of methoxy groups -OCH3 is 1. The Kier molecular flexibility index (Phi) is 6.14. The Hall–Kier alpha value is -2.41. The zero-order valence-corrected chi connectivity index (χ0v) is 15.6. The molecule has 0 atom stereocenters. The third-order valence-corrected chi connectivity index (χ3v) is 4.79. The van der Waals surface area contributed by atoms with Crippen LogP contribution in [0.3, 0.4) is 0 Å². The predicted molar refractivity (Wildman–Crippen MR) is 97.3 cm³/mol. The van der Waals surface area contributed by atoms with Gasteiger partial charge in [0.15, 0.2) is 11.5 Å². The van der Waals surface area contributed by atoms with E-state index < -0.39 is 10.0 Å². The van der Waals surface area contributed by atoms with Crippen LogP contribution in [0.25, 0.3) is 0 Å². The van der Waals surface area contributed by atoms with Crippen LogP contribution in [0.5, 0.6) is 17.2 Å². The number of sulfonamides is 1. The van der Waals surface area contributed by atoms with Crippen LogP contribution in [-0.2, 0) is 10.0 Å². The van der Waals surface area contributed by atoms with Crippen molar-refractivity contribution in [2.75, 3.05) is 25.0 Å². The van der Waals surface area contributed by atoms with E-state index in [0.29, 0.717) is 36.1 Å². The highest BCUT2D eigenvalue weighted by atomic mass is 32.2. The molecule has 0 amide bonds. The van der Waals surface area contributed by atoms with E-state index in [0.717, 1.165) is 5.56 Å². The lowest BCUT2D eigenvalue weighted by atomic mass is 10.2. The molecule has 0 bridgehead atoms. The lowest BCUT2D eigenvalue weighted by Gasteiger charge is -2.15. The molecule has 0 aliphatic carbocycles. The fourth-order valence-corrected chi connectivity index (χ4v) is 3.38. The maximum atomic E-state index is 12.7. The number of hydrogen-bond donors (Lipinski definition) is 1. The van der Waals surface area contributed by atoms with Crippen LogP contribution in [-0.4, -0.2) is 28.7 Å². The van der Waals surface area contributed by atoms with E-state index in [-0.39, 0.29) is 4.90 Å². The van der Waals surface area contributed by atoms with Gasteiger partial charge in [-0.1, -0.05) is 6.07 Å². The summed E-state index contributed by atoms with van der Waals surface area (Å²) in [4.78, 5) is 0.0861. The zero-order chi connectivity index (χ0) is 18.4. The van der Waals surface area contributed by atoms with E-state index in [1.807, 2.05) is 26.8 Å². The average Bonchev–Trinajstić information content (AvgIpc) is 2.56. The molecule has 2 aromatic rings. The summed E-state index contributed by atoms with van der Waals surface area (Å²) in [5.74, 6) is 1.35. The van der Waals surface area contributed by atoms with Crippen LogP contribution < -0.4 is 18.9 Å². The number of rotatable bonds is 8. The van der Waals surface area contributed by atoms with E-state index in [4.69, 9.17) is 14.2 Å². The molecule has 0 aromatic heterocycles. The fourth-order valence-electron chi connectivity index (χ4n) is 2.30. The Bertz CT molecular complexity index is 833. The summed E-state index contributed by atoms with van der Waals surface area (Å²) in [6.07, 6.45) is 0. The van der Waals surface area contributed by atoms with Gasteiger partial charge >= 0.3 is 0 Å². The maximum Gasteiger partial charge on any atom is 0.262 e. The van der Waals surface area contributed by atoms with Crippen molar-refractivity contribution in [3.8, 4) is 17.2 Å². The van der Waals surface area contributed by atoms with Crippen molar-refractivity contribution in [3.63, 3.8) is 0 Å². The second-order valence-electron chi connectivity index (χ2n) is 5.28. The number of nitrogens with one attached hydrogen (secondary N) is 1. The van der Waals surface area contributed by atoms with Crippen LogP contribution in [0, 0.1) is 6.92 Å². The molecule has 0 aliphatic rings. The van der Waals surface area contributed by atoms with Gasteiger partial charge in [-0.2, -0.15) is 0 Å². The normalized spacial score (nSPS) is 11.0. The van der Waals surface area contributed by atoms with Crippen LogP contribution in [0.1, 0.15) is 19.4 Å². The Morgan fingerprint density at radius 3 is 2.20 bits per heavy atom. The number of ether oxygens (including phenoxy) is 3. The van der Waals surface area contributed by atoms with Crippen molar-refractivity contribution >= 4 is 15.7 Å². The van der Waals surface area contributed by atoms with Gasteiger partial charge in [-0.15, -0.1) is 0 Å². The molecule has 0 saturated carbocycles. The second-order valence-corrected chi connectivity index (χ2v) is 6.97. The Balaban J connectivity index is 2.39. The van der Waals surface area contributed by atoms with Gasteiger partial charge in [0, 0.05) is 6.07 Å². The predicted octanol–water partition coefficient (Wildman–Crippen LogP) is 3.60. The molecule has 0 aliphatic heterocycles. The van der Waals surface area contributed by atoms with Gasteiger partial charge in [-0.3, -0.25) is 4.72 Å². The first-order valence-corrected chi connectivity index (χ1v) is 9.46. The van der Waals surface area contributed by atoms with Crippen LogP contribution in [0.4, 0.5) is 5.69 Å². The fraction of sp³-hybridized carbons (Fsp3) is 0.333. The minimum absolute atomic E-state index is 0.0861. The molecular weight excluding hydrogens is 342 g/mol. The van der Waals surface area contributed by atoms with Crippen molar-refractivity contribution in [1.29, 1.82) is 0 Å². The topological polar surface area (TPSA) is 73.9 Å². The maximum absolute atomic E-state index is 12.7. The lowest BCUT2D eigenvalue weighted by Crippen LogP contribution is -2.14. The minimum atomic E-state index is -3.80. The van der Waals surface area contributed by atoms with Gasteiger partial charge in [-0.05, 0) is 50.6 Å². The Morgan fingerprint density at radius 2 is 1.56 bits per heavy atom. The van der Waals surface area contributed by atoms with Gasteiger partial charge in [-0.25, -0.2) is 8.42 Å². The summed E-state index contributed by atoms with van der Waals surface area (Å²) in [6.45, 7) is 6.42. The largest absolute Gasteiger partial charge is 0.495 e. The van der Waals surface area contributed by atoms with Crippen molar-refractivity contribution in [2.45, 2.75) is 25.7 Å². The van der Waals surface area contributed by atoms with Gasteiger partial charge < -0.3 is 14.2 Å². The molecule has 7 heteroatoms. The third kappa shape index (κ3) is 4.57. The van der Waals surface area contributed by atoms with E-state index in [9.17, 15) is 8.42 Å². The molecule has 2 aromatic carbocycles. The molecule has 0 spiro atoms. The summed E-state index contributed by atoms with van der Waals surface area (Å²) in [5, 5.41) is 0. The highest BCUT2D eigenvalue weighted by molar-refractivity contribution is 7.92. The van der Waals surface area contributed by atoms with E-state index in [1.54, 1.807) is 18.2 Å². The first-order chi connectivity index (χ1) is 11.9. The SMILES string of the molecule is CCOc1ccc(S(=O)(=O)Nc2cc(C)ccc2OC)cc1OCC. The molecule has 1 N–H and O–H groups in total. The molecule has 0 heterocycles. The average molecular weight is 365 g/mol. The highest BCUT2D eigenvalue weighted by Gasteiger charge is 2.19. The molecule has 0 fully saturated rings. The van der Waals surface area contributed by atoms with Crippen LogP contribution >= 0.6 is 0 Å². The molecule has 6 nitrogen and oxygen atoms in total. The summed E-state index contributed by atoms with van der Waals surface area (Å²) in [5.41, 5.74) is 1.30. The van der Waals surface area contributed by atoms with E-state index >= 15 is 0 Å². The monoisotopic (exact) mass is 365 g/mol. The van der Waals surface area contributed by atoms with Crippen molar-refractivity contribution in [3.05, 3.63) is 42.0 Å².